The molecule has 3 rings (SSSR count). The Kier molecular flexibility index (Phi) is 13.5. The van der Waals surface area contributed by atoms with Gasteiger partial charge < -0.3 is 20.4 Å². The number of rotatable bonds is 10. The van der Waals surface area contributed by atoms with Crippen molar-refractivity contribution in [3.8, 4) is 0 Å². The lowest BCUT2D eigenvalue weighted by molar-refractivity contribution is 0.128. The van der Waals surface area contributed by atoms with Gasteiger partial charge in [-0.05, 0) is 76.7 Å². The molecule has 2 fully saturated rings. The van der Waals surface area contributed by atoms with E-state index in [4.69, 9.17) is 4.99 Å². The number of hydrogen-bond donors (Lipinski definition) is 2. The maximum atomic E-state index is 4.99. The van der Waals surface area contributed by atoms with Crippen LogP contribution in [-0.4, -0.2) is 93.2 Å². The van der Waals surface area contributed by atoms with Crippen LogP contribution in [0.1, 0.15) is 50.4 Å². The van der Waals surface area contributed by atoms with Gasteiger partial charge in [-0.1, -0.05) is 13.0 Å². The minimum atomic E-state index is 0. The van der Waals surface area contributed by atoms with Crippen LogP contribution >= 0.6 is 35.3 Å². The molecule has 0 aliphatic carbocycles. The minimum Gasteiger partial charge on any atom is -0.357 e. The lowest BCUT2D eigenvalue weighted by atomic mass is 9.88. The maximum Gasteiger partial charge on any atom is 0.191 e. The predicted octanol–water partition coefficient (Wildman–Crippen LogP) is 3.72. The molecule has 0 spiro atoms. The lowest BCUT2D eigenvalue weighted by Gasteiger charge is -2.38. The Morgan fingerprint density at radius 2 is 1.88 bits per heavy atom. The van der Waals surface area contributed by atoms with Crippen LogP contribution in [0.5, 0.6) is 0 Å². The van der Waals surface area contributed by atoms with Crippen molar-refractivity contribution in [3.05, 3.63) is 22.4 Å². The number of halogens is 1. The number of likely N-dealkylation sites (N-methyl/N-ethyl adjacent to an activating group) is 1. The van der Waals surface area contributed by atoms with Crippen molar-refractivity contribution in [3.63, 3.8) is 0 Å². The van der Waals surface area contributed by atoms with E-state index in [2.05, 4.69) is 63.7 Å². The first-order chi connectivity index (χ1) is 15.2. The number of likely N-dealkylation sites (tertiary alicyclic amines) is 1. The van der Waals surface area contributed by atoms with Crippen molar-refractivity contribution in [1.29, 1.82) is 0 Å². The number of piperazine rings is 1. The van der Waals surface area contributed by atoms with E-state index in [0.29, 0.717) is 12.0 Å². The molecule has 184 valence electrons. The van der Waals surface area contributed by atoms with Crippen molar-refractivity contribution < 1.29 is 0 Å². The van der Waals surface area contributed by atoms with Crippen molar-refractivity contribution in [2.45, 2.75) is 45.6 Å². The Hall–Kier alpha value is -0.420. The SMILES string of the molecule is CCNC(=NCC1CCCN(C)C1c1cccs1)NCCCCN1CCN(CC)CC1.I. The molecule has 2 aliphatic rings. The molecule has 3 heterocycles. The largest absolute Gasteiger partial charge is 0.357 e. The Bertz CT molecular complexity index is 632. The highest BCUT2D eigenvalue weighted by molar-refractivity contribution is 14.0. The fourth-order valence-corrected chi connectivity index (χ4v) is 5.89. The van der Waals surface area contributed by atoms with Gasteiger partial charge in [0, 0.05) is 56.7 Å². The summed E-state index contributed by atoms with van der Waals surface area (Å²) in [5.41, 5.74) is 0. The van der Waals surface area contributed by atoms with Gasteiger partial charge in [-0.15, -0.1) is 35.3 Å². The molecular weight excluding hydrogens is 531 g/mol. The minimum absolute atomic E-state index is 0. The molecule has 2 unspecified atom stereocenters. The maximum absolute atomic E-state index is 4.99. The van der Waals surface area contributed by atoms with E-state index in [1.807, 2.05) is 11.3 Å². The van der Waals surface area contributed by atoms with Gasteiger partial charge in [0.1, 0.15) is 0 Å². The molecule has 2 N–H and O–H groups in total. The van der Waals surface area contributed by atoms with E-state index in [9.17, 15) is 0 Å². The molecule has 2 aliphatic heterocycles. The average molecular weight is 577 g/mol. The summed E-state index contributed by atoms with van der Waals surface area (Å²) in [5, 5.41) is 9.22. The Labute approximate surface area is 217 Å². The van der Waals surface area contributed by atoms with Gasteiger partial charge in [0.2, 0.25) is 0 Å². The quantitative estimate of drug-likeness (QED) is 0.193. The standard InChI is InChI=1S/C24H44N6S.HI/c1-4-25-24(26-12-6-7-14-30-17-15-29(5-2)16-18-30)27-20-21-10-8-13-28(3)23(21)22-11-9-19-31-22;/h9,11,19,21,23H,4-8,10,12-18,20H2,1-3H3,(H2,25,26,27);1H. The molecule has 0 bridgehead atoms. The van der Waals surface area contributed by atoms with Gasteiger partial charge in [-0.25, -0.2) is 0 Å². The van der Waals surface area contributed by atoms with Crippen LogP contribution in [0.25, 0.3) is 0 Å². The first-order valence-corrected chi connectivity index (χ1v) is 13.3. The normalized spacial score (nSPS) is 23.7. The lowest BCUT2D eigenvalue weighted by Crippen LogP contribution is -2.46. The summed E-state index contributed by atoms with van der Waals surface area (Å²) >= 11 is 1.89. The smallest absolute Gasteiger partial charge is 0.191 e. The predicted molar refractivity (Wildman–Crippen MR) is 150 cm³/mol. The van der Waals surface area contributed by atoms with Crippen molar-refractivity contribution in [2.75, 3.05) is 72.5 Å². The molecule has 8 heteroatoms. The molecule has 32 heavy (non-hydrogen) atoms. The van der Waals surface area contributed by atoms with Gasteiger partial charge >= 0.3 is 0 Å². The number of nitrogens with zero attached hydrogens (tertiary/aromatic N) is 4. The molecular formula is C24H45IN6S. The van der Waals surface area contributed by atoms with Crippen molar-refractivity contribution in [2.24, 2.45) is 10.9 Å². The Balaban J connectivity index is 0.00000363. The fraction of sp³-hybridized carbons (Fsp3) is 0.792. The molecule has 0 aromatic carbocycles. The van der Waals surface area contributed by atoms with E-state index in [1.165, 1.54) is 76.4 Å². The monoisotopic (exact) mass is 576 g/mol. The van der Waals surface area contributed by atoms with Gasteiger partial charge in [-0.3, -0.25) is 9.89 Å². The summed E-state index contributed by atoms with van der Waals surface area (Å²) in [4.78, 5) is 14.2. The molecule has 1 aromatic rings. The van der Waals surface area contributed by atoms with Crippen molar-refractivity contribution >= 4 is 41.3 Å². The van der Waals surface area contributed by atoms with E-state index >= 15 is 0 Å². The Morgan fingerprint density at radius 3 is 2.56 bits per heavy atom. The second-order valence-electron chi connectivity index (χ2n) is 8.97. The average Bonchev–Trinajstić information content (AvgIpc) is 3.32. The molecule has 0 amide bonds. The van der Waals surface area contributed by atoms with E-state index in [-0.39, 0.29) is 24.0 Å². The van der Waals surface area contributed by atoms with Crippen LogP contribution in [-0.2, 0) is 0 Å². The van der Waals surface area contributed by atoms with Crippen LogP contribution in [0.3, 0.4) is 0 Å². The second kappa shape index (κ2) is 15.5. The summed E-state index contributed by atoms with van der Waals surface area (Å²) in [6.45, 7) is 15.7. The Morgan fingerprint density at radius 1 is 1.09 bits per heavy atom. The molecule has 2 atom stereocenters. The number of thiophene rings is 1. The number of piperidine rings is 1. The summed E-state index contributed by atoms with van der Waals surface area (Å²) in [5.74, 6) is 1.58. The molecule has 1 aromatic heterocycles. The van der Waals surface area contributed by atoms with Crippen LogP contribution in [0.4, 0.5) is 0 Å². The third-order valence-corrected chi connectivity index (χ3v) is 7.72. The van der Waals surface area contributed by atoms with Gasteiger partial charge in [0.25, 0.3) is 0 Å². The van der Waals surface area contributed by atoms with E-state index < -0.39 is 0 Å². The summed E-state index contributed by atoms with van der Waals surface area (Å²) in [7, 11) is 2.27. The molecule has 2 saturated heterocycles. The highest BCUT2D eigenvalue weighted by Gasteiger charge is 2.31. The topological polar surface area (TPSA) is 46.1 Å². The first kappa shape index (κ1) is 27.8. The second-order valence-corrected chi connectivity index (χ2v) is 9.95. The molecule has 0 radical (unpaired) electrons. The molecule has 6 nitrogen and oxygen atoms in total. The zero-order valence-corrected chi connectivity index (χ0v) is 23.5. The first-order valence-electron chi connectivity index (χ1n) is 12.4. The fourth-order valence-electron chi connectivity index (χ4n) is 4.91. The third-order valence-electron chi connectivity index (χ3n) is 6.78. The van der Waals surface area contributed by atoms with E-state index in [1.54, 1.807) is 0 Å². The number of guanidine groups is 1. The third kappa shape index (κ3) is 8.74. The zero-order chi connectivity index (χ0) is 21.9. The number of nitrogens with one attached hydrogen (secondary N) is 2. The number of unbranched alkanes of at least 4 members (excludes halogenated alkanes) is 1. The summed E-state index contributed by atoms with van der Waals surface area (Å²) in [6, 6.07) is 4.98. The van der Waals surface area contributed by atoms with Crippen molar-refractivity contribution in [1.82, 2.24) is 25.3 Å². The number of aliphatic imine (C=N–C) groups is 1. The highest BCUT2D eigenvalue weighted by atomic mass is 127. The van der Waals surface area contributed by atoms with Crippen LogP contribution < -0.4 is 10.6 Å². The van der Waals surface area contributed by atoms with E-state index in [0.717, 1.165) is 25.6 Å². The number of hydrogen-bond acceptors (Lipinski definition) is 5. The summed E-state index contributed by atoms with van der Waals surface area (Å²) < 4.78 is 0. The summed E-state index contributed by atoms with van der Waals surface area (Å²) in [6.07, 6.45) is 4.99. The van der Waals surface area contributed by atoms with Gasteiger partial charge in [0.15, 0.2) is 5.96 Å². The van der Waals surface area contributed by atoms with Gasteiger partial charge in [-0.2, -0.15) is 0 Å². The zero-order valence-electron chi connectivity index (χ0n) is 20.4. The van der Waals surface area contributed by atoms with Gasteiger partial charge in [0.05, 0.1) is 0 Å². The highest BCUT2D eigenvalue weighted by Crippen LogP contribution is 2.37. The van der Waals surface area contributed by atoms with Crippen LogP contribution in [0, 0.1) is 5.92 Å². The van der Waals surface area contributed by atoms with Crippen LogP contribution in [0.2, 0.25) is 0 Å². The molecule has 0 saturated carbocycles. The van der Waals surface area contributed by atoms with Crippen LogP contribution in [0.15, 0.2) is 22.5 Å².